The van der Waals surface area contributed by atoms with Gasteiger partial charge >= 0.3 is 0 Å². The highest BCUT2D eigenvalue weighted by Crippen LogP contribution is 2.25. The van der Waals surface area contributed by atoms with Crippen LogP contribution in [0.3, 0.4) is 0 Å². The standard InChI is InChI=1S/C11H13NO2S/c1-15(13,14)11(10-7-12-8-10)9-5-3-2-4-6-9/h2-6,12H,7-8H2,1H3. The Morgan fingerprint density at radius 3 is 2.20 bits per heavy atom. The lowest BCUT2D eigenvalue weighted by atomic mass is 10.1. The molecule has 1 saturated heterocycles. The Hall–Kier alpha value is -1.13. The first-order chi connectivity index (χ1) is 7.09. The highest BCUT2D eigenvalue weighted by atomic mass is 32.2. The van der Waals surface area contributed by atoms with E-state index in [-0.39, 0.29) is 0 Å². The van der Waals surface area contributed by atoms with Gasteiger partial charge in [0.05, 0.1) is 4.91 Å². The first-order valence-electron chi connectivity index (χ1n) is 4.77. The van der Waals surface area contributed by atoms with Gasteiger partial charge in [0.25, 0.3) is 0 Å². The van der Waals surface area contributed by atoms with E-state index in [1.54, 1.807) is 0 Å². The summed E-state index contributed by atoms with van der Waals surface area (Å²) in [6, 6.07) is 9.26. The molecule has 1 fully saturated rings. The molecule has 1 aromatic rings. The zero-order valence-electron chi connectivity index (χ0n) is 8.53. The molecule has 0 aliphatic carbocycles. The summed E-state index contributed by atoms with van der Waals surface area (Å²) >= 11 is 0. The van der Waals surface area contributed by atoms with E-state index in [9.17, 15) is 8.42 Å². The molecule has 1 heterocycles. The average Bonchev–Trinajstić information content (AvgIpc) is 2.10. The van der Waals surface area contributed by atoms with Crippen LogP contribution in [0, 0.1) is 0 Å². The van der Waals surface area contributed by atoms with Gasteiger partial charge in [-0.15, -0.1) is 0 Å². The molecule has 0 bridgehead atoms. The third kappa shape index (κ3) is 2.11. The van der Waals surface area contributed by atoms with Crippen LogP contribution in [-0.4, -0.2) is 27.8 Å². The number of hydrogen-bond donors (Lipinski definition) is 1. The Labute approximate surface area is 89.7 Å². The highest BCUT2D eigenvalue weighted by Gasteiger charge is 2.22. The van der Waals surface area contributed by atoms with E-state index >= 15 is 0 Å². The van der Waals surface area contributed by atoms with Crippen molar-refractivity contribution in [1.29, 1.82) is 0 Å². The van der Waals surface area contributed by atoms with Crippen LogP contribution in [-0.2, 0) is 9.84 Å². The van der Waals surface area contributed by atoms with Crippen molar-refractivity contribution < 1.29 is 8.42 Å². The van der Waals surface area contributed by atoms with E-state index in [0.29, 0.717) is 18.0 Å². The van der Waals surface area contributed by atoms with Gasteiger partial charge in [-0.2, -0.15) is 0 Å². The molecule has 1 aromatic carbocycles. The monoisotopic (exact) mass is 223 g/mol. The second-order valence-corrected chi connectivity index (χ2v) is 5.63. The van der Waals surface area contributed by atoms with E-state index in [4.69, 9.17) is 0 Å². The molecule has 1 N–H and O–H groups in total. The molecule has 0 unspecified atom stereocenters. The number of rotatable bonds is 2. The van der Waals surface area contributed by atoms with Gasteiger partial charge in [0.2, 0.25) is 0 Å². The summed E-state index contributed by atoms with van der Waals surface area (Å²) in [7, 11) is -3.14. The molecule has 0 amide bonds. The number of sulfone groups is 1. The lowest BCUT2D eigenvalue weighted by Gasteiger charge is -2.22. The zero-order valence-corrected chi connectivity index (χ0v) is 9.34. The zero-order chi connectivity index (χ0) is 10.9. The average molecular weight is 223 g/mol. The predicted octanol–water partition coefficient (Wildman–Crippen LogP) is 1.05. The molecule has 2 rings (SSSR count). The van der Waals surface area contributed by atoms with Crippen molar-refractivity contribution in [3.05, 3.63) is 41.5 Å². The van der Waals surface area contributed by atoms with Crippen LogP contribution in [0.5, 0.6) is 0 Å². The topological polar surface area (TPSA) is 46.2 Å². The fraction of sp³-hybridized carbons (Fsp3) is 0.273. The lowest BCUT2D eigenvalue weighted by Crippen LogP contribution is -2.35. The molecule has 0 saturated carbocycles. The molecule has 0 aromatic heterocycles. The molecule has 1 aliphatic heterocycles. The van der Waals surface area contributed by atoms with Crippen molar-refractivity contribution in [3.63, 3.8) is 0 Å². The third-order valence-corrected chi connectivity index (χ3v) is 3.67. The van der Waals surface area contributed by atoms with Crippen molar-refractivity contribution in [3.8, 4) is 0 Å². The van der Waals surface area contributed by atoms with Gasteiger partial charge in [0.15, 0.2) is 9.84 Å². The van der Waals surface area contributed by atoms with Crippen molar-refractivity contribution in [1.82, 2.24) is 5.32 Å². The summed E-state index contributed by atoms with van der Waals surface area (Å²) in [5.41, 5.74) is 1.76. The first-order valence-corrected chi connectivity index (χ1v) is 6.66. The van der Waals surface area contributed by atoms with E-state index in [0.717, 1.165) is 11.1 Å². The summed E-state index contributed by atoms with van der Waals surface area (Å²) in [5, 5.41) is 3.06. The number of benzene rings is 1. The maximum Gasteiger partial charge on any atom is 0.176 e. The lowest BCUT2D eigenvalue weighted by molar-refractivity contribution is 0.609. The van der Waals surface area contributed by atoms with Crippen molar-refractivity contribution in [2.24, 2.45) is 0 Å². The quantitative estimate of drug-likeness (QED) is 0.815. The summed E-state index contributed by atoms with van der Waals surface area (Å²) in [4.78, 5) is 0.488. The Bertz CT molecular complexity index is 483. The highest BCUT2D eigenvalue weighted by molar-refractivity contribution is 8.00. The van der Waals surface area contributed by atoms with Gasteiger partial charge in [-0.25, -0.2) is 8.42 Å². The molecule has 0 radical (unpaired) electrons. The molecule has 3 nitrogen and oxygen atoms in total. The second-order valence-electron chi connectivity index (χ2n) is 3.67. The van der Waals surface area contributed by atoms with E-state index in [2.05, 4.69) is 5.32 Å². The summed E-state index contributed by atoms with van der Waals surface area (Å²) < 4.78 is 23.4. The fourth-order valence-electron chi connectivity index (χ4n) is 1.68. The van der Waals surface area contributed by atoms with Gasteiger partial charge < -0.3 is 5.32 Å². The third-order valence-electron chi connectivity index (χ3n) is 2.40. The van der Waals surface area contributed by atoms with Crippen molar-refractivity contribution in [2.75, 3.05) is 19.3 Å². The Morgan fingerprint density at radius 1 is 1.20 bits per heavy atom. The van der Waals surface area contributed by atoms with E-state index in [1.807, 2.05) is 30.3 Å². The molecule has 15 heavy (non-hydrogen) atoms. The molecular weight excluding hydrogens is 210 g/mol. The van der Waals surface area contributed by atoms with Crippen LogP contribution in [0.15, 0.2) is 35.9 Å². The molecular formula is C11H13NO2S. The first kappa shape index (κ1) is 10.4. The van der Waals surface area contributed by atoms with Gasteiger partial charge in [-0.1, -0.05) is 30.3 Å². The van der Waals surface area contributed by atoms with Gasteiger partial charge in [0, 0.05) is 19.3 Å². The number of nitrogens with one attached hydrogen (secondary N) is 1. The van der Waals surface area contributed by atoms with Crippen LogP contribution in [0.25, 0.3) is 4.91 Å². The SMILES string of the molecule is CS(=O)(=O)C(=C1CNC1)c1ccccc1. The Kier molecular flexibility index (Phi) is 2.63. The van der Waals surface area contributed by atoms with Crippen LogP contribution < -0.4 is 5.32 Å². The number of hydrogen-bond acceptors (Lipinski definition) is 3. The Morgan fingerprint density at radius 2 is 1.80 bits per heavy atom. The van der Waals surface area contributed by atoms with Gasteiger partial charge in [0.1, 0.15) is 0 Å². The van der Waals surface area contributed by atoms with Crippen molar-refractivity contribution in [2.45, 2.75) is 0 Å². The molecule has 80 valence electrons. The summed E-state index contributed by atoms with van der Waals surface area (Å²) in [6.07, 6.45) is 1.26. The summed E-state index contributed by atoms with van der Waals surface area (Å²) in [6.45, 7) is 1.36. The minimum absolute atomic E-state index is 0.488. The molecule has 4 heteroatoms. The maximum atomic E-state index is 11.7. The van der Waals surface area contributed by atoms with Gasteiger partial charge in [-0.05, 0) is 11.1 Å². The minimum atomic E-state index is -3.14. The maximum absolute atomic E-state index is 11.7. The smallest absolute Gasteiger partial charge is 0.176 e. The van der Waals surface area contributed by atoms with Crippen LogP contribution in [0.2, 0.25) is 0 Å². The van der Waals surface area contributed by atoms with E-state index < -0.39 is 9.84 Å². The fourth-order valence-corrected chi connectivity index (χ4v) is 2.91. The normalized spacial score (nSPS) is 15.9. The largest absolute Gasteiger partial charge is 0.309 e. The molecule has 0 spiro atoms. The summed E-state index contributed by atoms with van der Waals surface area (Å²) in [5.74, 6) is 0. The van der Waals surface area contributed by atoms with Gasteiger partial charge in [-0.3, -0.25) is 0 Å². The predicted molar refractivity (Wildman–Crippen MR) is 61.1 cm³/mol. The molecule has 0 atom stereocenters. The van der Waals surface area contributed by atoms with E-state index in [1.165, 1.54) is 6.26 Å². The Balaban J connectivity index is 2.55. The minimum Gasteiger partial charge on any atom is -0.309 e. The van der Waals surface area contributed by atoms with Crippen LogP contribution in [0.1, 0.15) is 5.56 Å². The molecule has 1 aliphatic rings. The second kappa shape index (κ2) is 3.79. The van der Waals surface area contributed by atoms with Crippen LogP contribution >= 0.6 is 0 Å². The van der Waals surface area contributed by atoms with Crippen molar-refractivity contribution >= 4 is 14.7 Å². The van der Waals surface area contributed by atoms with Crippen LogP contribution in [0.4, 0.5) is 0 Å².